The SMILES string of the molecule is CCCC(C)C(NCC)C1(OC)CCOCC1. The van der Waals surface area contributed by atoms with Crippen LogP contribution in [0.4, 0.5) is 0 Å². The minimum Gasteiger partial charge on any atom is -0.381 e. The topological polar surface area (TPSA) is 30.5 Å². The highest BCUT2D eigenvalue weighted by atomic mass is 16.5. The maximum absolute atomic E-state index is 5.92. The molecule has 1 rings (SSSR count). The van der Waals surface area contributed by atoms with Gasteiger partial charge in [0.2, 0.25) is 0 Å². The third-order valence-corrected chi connectivity index (χ3v) is 4.05. The van der Waals surface area contributed by atoms with E-state index in [9.17, 15) is 0 Å². The Kier molecular flexibility index (Phi) is 6.45. The Morgan fingerprint density at radius 2 is 1.94 bits per heavy atom. The van der Waals surface area contributed by atoms with E-state index in [-0.39, 0.29) is 5.60 Å². The molecule has 1 aliphatic rings. The van der Waals surface area contributed by atoms with Crippen molar-refractivity contribution >= 4 is 0 Å². The van der Waals surface area contributed by atoms with E-state index < -0.39 is 0 Å². The number of likely N-dealkylation sites (N-methyl/N-ethyl adjacent to an activating group) is 1. The lowest BCUT2D eigenvalue weighted by Gasteiger charge is -2.45. The van der Waals surface area contributed by atoms with Crippen LogP contribution in [0.1, 0.15) is 46.5 Å². The number of hydrogen-bond acceptors (Lipinski definition) is 3. The van der Waals surface area contributed by atoms with Crippen LogP contribution in [0.25, 0.3) is 0 Å². The Morgan fingerprint density at radius 1 is 1.29 bits per heavy atom. The van der Waals surface area contributed by atoms with Crippen molar-refractivity contribution < 1.29 is 9.47 Å². The second-order valence-corrected chi connectivity index (χ2v) is 5.18. The molecule has 0 spiro atoms. The van der Waals surface area contributed by atoms with Gasteiger partial charge in [-0.15, -0.1) is 0 Å². The number of ether oxygens (including phenoxy) is 2. The Bertz CT molecular complexity index is 202. The summed E-state index contributed by atoms with van der Waals surface area (Å²) in [5.41, 5.74) is -0.0250. The maximum atomic E-state index is 5.92. The van der Waals surface area contributed by atoms with E-state index in [4.69, 9.17) is 9.47 Å². The molecule has 0 bridgehead atoms. The van der Waals surface area contributed by atoms with Gasteiger partial charge in [0, 0.05) is 39.2 Å². The summed E-state index contributed by atoms with van der Waals surface area (Å²) in [5.74, 6) is 0.651. The fourth-order valence-corrected chi connectivity index (χ4v) is 3.11. The molecule has 0 aliphatic carbocycles. The normalized spacial score (nSPS) is 23.3. The second kappa shape index (κ2) is 7.34. The molecule has 0 aromatic heterocycles. The molecule has 0 aromatic carbocycles. The lowest BCUT2D eigenvalue weighted by atomic mass is 9.78. The van der Waals surface area contributed by atoms with Crippen LogP contribution in [0, 0.1) is 5.92 Å². The fraction of sp³-hybridized carbons (Fsp3) is 1.00. The quantitative estimate of drug-likeness (QED) is 0.745. The zero-order valence-corrected chi connectivity index (χ0v) is 11.9. The summed E-state index contributed by atoms with van der Waals surface area (Å²) < 4.78 is 11.4. The van der Waals surface area contributed by atoms with Gasteiger partial charge in [-0.3, -0.25) is 0 Å². The van der Waals surface area contributed by atoms with Gasteiger partial charge in [0.25, 0.3) is 0 Å². The number of methoxy groups -OCH3 is 1. The largest absolute Gasteiger partial charge is 0.381 e. The van der Waals surface area contributed by atoms with Gasteiger partial charge in [0.05, 0.1) is 5.60 Å². The second-order valence-electron chi connectivity index (χ2n) is 5.18. The van der Waals surface area contributed by atoms with Gasteiger partial charge in [-0.05, 0) is 18.9 Å². The van der Waals surface area contributed by atoms with Crippen molar-refractivity contribution in [3.63, 3.8) is 0 Å². The molecular weight excluding hydrogens is 214 g/mol. The molecule has 1 fully saturated rings. The first-order valence-electron chi connectivity index (χ1n) is 7.06. The van der Waals surface area contributed by atoms with Crippen molar-refractivity contribution in [1.82, 2.24) is 5.32 Å². The summed E-state index contributed by atoms with van der Waals surface area (Å²) >= 11 is 0. The Hall–Kier alpha value is -0.120. The van der Waals surface area contributed by atoms with Crippen molar-refractivity contribution in [2.75, 3.05) is 26.9 Å². The molecule has 0 amide bonds. The molecule has 1 heterocycles. The van der Waals surface area contributed by atoms with E-state index in [0.717, 1.165) is 32.6 Å². The summed E-state index contributed by atoms with van der Waals surface area (Å²) in [4.78, 5) is 0. The molecule has 2 atom stereocenters. The van der Waals surface area contributed by atoms with Crippen molar-refractivity contribution in [1.29, 1.82) is 0 Å². The molecule has 1 aliphatic heterocycles. The van der Waals surface area contributed by atoms with Crippen LogP contribution in [-0.4, -0.2) is 38.5 Å². The summed E-state index contributed by atoms with van der Waals surface area (Å²) in [6.07, 6.45) is 4.51. The van der Waals surface area contributed by atoms with E-state index in [1.807, 2.05) is 7.11 Å². The summed E-state index contributed by atoms with van der Waals surface area (Å²) in [5, 5.41) is 3.65. The van der Waals surface area contributed by atoms with E-state index in [0.29, 0.717) is 12.0 Å². The van der Waals surface area contributed by atoms with Crippen LogP contribution < -0.4 is 5.32 Å². The molecule has 17 heavy (non-hydrogen) atoms. The first kappa shape index (κ1) is 14.9. The van der Waals surface area contributed by atoms with Crippen LogP contribution in [0.2, 0.25) is 0 Å². The lowest BCUT2D eigenvalue weighted by Crippen LogP contribution is -2.57. The van der Waals surface area contributed by atoms with Gasteiger partial charge < -0.3 is 14.8 Å². The maximum Gasteiger partial charge on any atom is 0.0877 e. The highest BCUT2D eigenvalue weighted by Gasteiger charge is 2.42. The molecule has 2 unspecified atom stereocenters. The van der Waals surface area contributed by atoms with Gasteiger partial charge in [0.15, 0.2) is 0 Å². The van der Waals surface area contributed by atoms with E-state index in [2.05, 4.69) is 26.1 Å². The fourth-order valence-electron chi connectivity index (χ4n) is 3.11. The zero-order valence-electron chi connectivity index (χ0n) is 11.9. The van der Waals surface area contributed by atoms with E-state index in [1.165, 1.54) is 12.8 Å². The first-order chi connectivity index (χ1) is 8.20. The van der Waals surface area contributed by atoms with Crippen LogP contribution in [0.3, 0.4) is 0 Å². The lowest BCUT2D eigenvalue weighted by molar-refractivity contribution is -0.119. The average molecular weight is 243 g/mol. The number of hydrogen-bond donors (Lipinski definition) is 1. The van der Waals surface area contributed by atoms with Crippen molar-refractivity contribution in [3.05, 3.63) is 0 Å². The van der Waals surface area contributed by atoms with Crippen LogP contribution in [0.15, 0.2) is 0 Å². The summed E-state index contributed by atoms with van der Waals surface area (Å²) in [6.45, 7) is 9.43. The molecule has 3 nitrogen and oxygen atoms in total. The molecule has 1 N–H and O–H groups in total. The highest BCUT2D eigenvalue weighted by Crippen LogP contribution is 2.33. The van der Waals surface area contributed by atoms with Crippen molar-refractivity contribution in [2.24, 2.45) is 5.92 Å². The van der Waals surface area contributed by atoms with Crippen LogP contribution in [-0.2, 0) is 9.47 Å². The number of rotatable bonds is 7. The minimum atomic E-state index is -0.0250. The Balaban J connectivity index is 2.76. The standard InChI is InChI=1S/C14H29NO2/c1-5-7-12(3)13(15-6-2)14(16-4)8-10-17-11-9-14/h12-13,15H,5-11H2,1-4H3. The van der Waals surface area contributed by atoms with Gasteiger partial charge in [-0.25, -0.2) is 0 Å². The third-order valence-electron chi connectivity index (χ3n) is 4.05. The summed E-state index contributed by atoms with van der Waals surface area (Å²) in [7, 11) is 1.86. The van der Waals surface area contributed by atoms with E-state index >= 15 is 0 Å². The van der Waals surface area contributed by atoms with Gasteiger partial charge in [0.1, 0.15) is 0 Å². The predicted octanol–water partition coefficient (Wildman–Crippen LogP) is 2.60. The van der Waals surface area contributed by atoms with Gasteiger partial charge in [-0.1, -0.05) is 27.2 Å². The van der Waals surface area contributed by atoms with Crippen molar-refractivity contribution in [2.45, 2.75) is 58.1 Å². The highest BCUT2D eigenvalue weighted by molar-refractivity contribution is 4.97. The molecule has 0 aromatic rings. The minimum absolute atomic E-state index is 0.0250. The molecule has 102 valence electrons. The van der Waals surface area contributed by atoms with E-state index in [1.54, 1.807) is 0 Å². The first-order valence-corrected chi connectivity index (χ1v) is 7.06. The van der Waals surface area contributed by atoms with Gasteiger partial charge >= 0.3 is 0 Å². The Labute approximate surface area is 106 Å². The molecule has 1 saturated heterocycles. The number of nitrogens with one attached hydrogen (secondary N) is 1. The molecule has 0 saturated carbocycles. The molecule has 0 radical (unpaired) electrons. The molecule has 3 heteroatoms. The Morgan fingerprint density at radius 3 is 2.41 bits per heavy atom. The monoisotopic (exact) mass is 243 g/mol. The van der Waals surface area contributed by atoms with Crippen molar-refractivity contribution in [3.8, 4) is 0 Å². The zero-order chi connectivity index (χ0) is 12.7. The smallest absolute Gasteiger partial charge is 0.0877 e. The summed E-state index contributed by atoms with van der Waals surface area (Å²) in [6, 6.07) is 0.446. The molecular formula is C14H29NO2. The van der Waals surface area contributed by atoms with Crippen LogP contribution in [0.5, 0.6) is 0 Å². The van der Waals surface area contributed by atoms with Gasteiger partial charge in [-0.2, -0.15) is 0 Å². The van der Waals surface area contributed by atoms with Crippen LogP contribution >= 0.6 is 0 Å². The average Bonchev–Trinajstić information content (AvgIpc) is 2.37. The predicted molar refractivity (Wildman–Crippen MR) is 71.3 cm³/mol. The third kappa shape index (κ3) is 3.67.